The van der Waals surface area contributed by atoms with E-state index in [-0.39, 0.29) is 5.41 Å². The highest BCUT2D eigenvalue weighted by atomic mass is 16.1. The second-order valence-electron chi connectivity index (χ2n) is 4.44. The topological polar surface area (TPSA) is 17.1 Å². The number of Topliss-reactive ketones (excluding diaryl/α,β-unsaturated/α-hetero) is 1. The second kappa shape index (κ2) is 3.23. The van der Waals surface area contributed by atoms with Gasteiger partial charge in [-0.3, -0.25) is 4.79 Å². The van der Waals surface area contributed by atoms with Gasteiger partial charge in [0.25, 0.3) is 0 Å². The molecule has 2 rings (SSSR count). The third-order valence-electron chi connectivity index (χ3n) is 3.15. The summed E-state index contributed by atoms with van der Waals surface area (Å²) in [4.78, 5) is 12.0. The van der Waals surface area contributed by atoms with Gasteiger partial charge in [-0.1, -0.05) is 32.0 Å². The fourth-order valence-electron chi connectivity index (χ4n) is 1.70. The number of ketones is 1. The molecule has 1 saturated carbocycles. The number of aryl methyl sites for hydroxylation is 1. The van der Waals surface area contributed by atoms with E-state index in [1.165, 1.54) is 5.56 Å². The zero-order valence-electron chi connectivity index (χ0n) is 8.84. The molecule has 0 aliphatic heterocycles. The van der Waals surface area contributed by atoms with Gasteiger partial charge in [0.2, 0.25) is 0 Å². The van der Waals surface area contributed by atoms with Gasteiger partial charge in [-0.05, 0) is 30.9 Å². The summed E-state index contributed by atoms with van der Waals surface area (Å²) in [5, 5.41) is 0. The molecule has 14 heavy (non-hydrogen) atoms. The van der Waals surface area contributed by atoms with Crippen LogP contribution in [0.1, 0.15) is 42.6 Å². The third kappa shape index (κ3) is 1.59. The van der Waals surface area contributed by atoms with Gasteiger partial charge in [0.05, 0.1) is 0 Å². The maximum Gasteiger partial charge on any atom is 0.168 e. The highest BCUT2D eigenvalue weighted by Crippen LogP contribution is 2.47. The molecule has 74 valence electrons. The van der Waals surface area contributed by atoms with E-state index >= 15 is 0 Å². The molecule has 1 nitrogen and oxygen atoms in total. The third-order valence-corrected chi connectivity index (χ3v) is 3.15. The summed E-state index contributed by atoms with van der Waals surface area (Å²) in [5.74, 6) is 0.327. The summed E-state index contributed by atoms with van der Waals surface area (Å²) >= 11 is 0. The Morgan fingerprint density at radius 1 is 1.43 bits per heavy atom. The van der Waals surface area contributed by atoms with Crippen LogP contribution < -0.4 is 0 Å². The molecule has 0 aromatic heterocycles. The number of benzene rings is 1. The zero-order valence-corrected chi connectivity index (χ0v) is 8.84. The van der Waals surface area contributed by atoms with Gasteiger partial charge in [0.15, 0.2) is 5.78 Å². The van der Waals surface area contributed by atoms with E-state index in [4.69, 9.17) is 0 Å². The van der Waals surface area contributed by atoms with Crippen molar-refractivity contribution < 1.29 is 4.79 Å². The minimum atomic E-state index is -0.0354. The lowest BCUT2D eigenvalue weighted by Gasteiger charge is -2.07. The Morgan fingerprint density at radius 3 is 2.71 bits per heavy atom. The van der Waals surface area contributed by atoms with Crippen LogP contribution in [0.15, 0.2) is 24.3 Å². The highest BCUT2D eigenvalue weighted by Gasteiger charge is 2.44. The van der Waals surface area contributed by atoms with Crippen LogP contribution in [-0.4, -0.2) is 5.78 Å². The van der Waals surface area contributed by atoms with Crippen LogP contribution in [0.5, 0.6) is 0 Å². The lowest BCUT2D eigenvalue weighted by molar-refractivity contribution is 0.0912. The molecule has 0 N–H and O–H groups in total. The van der Waals surface area contributed by atoms with Gasteiger partial charge in [-0.25, -0.2) is 0 Å². The normalized spacial score (nSPS) is 17.9. The Bertz CT molecular complexity index is 361. The van der Waals surface area contributed by atoms with E-state index in [9.17, 15) is 4.79 Å². The predicted octanol–water partition coefficient (Wildman–Crippen LogP) is 3.23. The lowest BCUT2D eigenvalue weighted by atomic mass is 9.95. The molecule has 0 radical (unpaired) electrons. The van der Waals surface area contributed by atoms with E-state index in [1.807, 2.05) is 18.2 Å². The number of rotatable bonds is 3. The highest BCUT2D eigenvalue weighted by molar-refractivity contribution is 6.02. The van der Waals surface area contributed by atoms with Crippen molar-refractivity contribution in [1.82, 2.24) is 0 Å². The first-order valence-electron chi connectivity index (χ1n) is 5.29. The first kappa shape index (κ1) is 9.45. The quantitative estimate of drug-likeness (QED) is 0.665. The maximum atomic E-state index is 12.0. The molecule has 0 atom stereocenters. The minimum Gasteiger partial charge on any atom is -0.294 e. The van der Waals surface area contributed by atoms with Crippen LogP contribution in [-0.2, 0) is 6.42 Å². The molecule has 0 heterocycles. The molecule has 0 bridgehead atoms. The van der Waals surface area contributed by atoms with Crippen molar-refractivity contribution in [3.8, 4) is 0 Å². The summed E-state index contributed by atoms with van der Waals surface area (Å²) in [6, 6.07) is 8.03. The van der Waals surface area contributed by atoms with Crippen molar-refractivity contribution >= 4 is 5.78 Å². The summed E-state index contributed by atoms with van der Waals surface area (Å²) in [6.45, 7) is 4.18. The van der Waals surface area contributed by atoms with E-state index < -0.39 is 0 Å². The van der Waals surface area contributed by atoms with E-state index in [2.05, 4.69) is 19.9 Å². The van der Waals surface area contributed by atoms with E-state index in [1.54, 1.807) is 0 Å². The van der Waals surface area contributed by atoms with Crippen molar-refractivity contribution in [2.45, 2.75) is 33.1 Å². The molecule has 0 amide bonds. The van der Waals surface area contributed by atoms with Crippen LogP contribution in [0.3, 0.4) is 0 Å². The van der Waals surface area contributed by atoms with Crippen LogP contribution in [0.25, 0.3) is 0 Å². The molecular weight excluding hydrogens is 172 g/mol. The second-order valence-corrected chi connectivity index (χ2v) is 4.44. The van der Waals surface area contributed by atoms with Gasteiger partial charge in [-0.2, -0.15) is 0 Å². The molecule has 1 aliphatic rings. The van der Waals surface area contributed by atoms with Crippen molar-refractivity contribution in [1.29, 1.82) is 0 Å². The number of hydrogen-bond acceptors (Lipinski definition) is 1. The summed E-state index contributed by atoms with van der Waals surface area (Å²) in [6.07, 6.45) is 3.11. The first-order chi connectivity index (χ1) is 6.65. The van der Waals surface area contributed by atoms with Gasteiger partial charge in [0, 0.05) is 11.0 Å². The van der Waals surface area contributed by atoms with E-state index in [0.29, 0.717) is 5.78 Å². The molecule has 1 heteroatoms. The van der Waals surface area contributed by atoms with Crippen LogP contribution >= 0.6 is 0 Å². The summed E-state index contributed by atoms with van der Waals surface area (Å²) < 4.78 is 0. The molecule has 0 unspecified atom stereocenters. The zero-order chi connectivity index (χ0) is 10.2. The van der Waals surface area contributed by atoms with E-state index in [0.717, 1.165) is 24.8 Å². The molecular formula is C13H16O. The first-order valence-corrected chi connectivity index (χ1v) is 5.29. The van der Waals surface area contributed by atoms with Crippen LogP contribution in [0.2, 0.25) is 0 Å². The van der Waals surface area contributed by atoms with Gasteiger partial charge in [-0.15, -0.1) is 0 Å². The van der Waals surface area contributed by atoms with Crippen LogP contribution in [0.4, 0.5) is 0 Å². The molecule has 1 fully saturated rings. The lowest BCUT2D eigenvalue weighted by Crippen LogP contribution is -2.11. The average molecular weight is 188 g/mol. The molecule has 1 aromatic carbocycles. The Hall–Kier alpha value is -1.11. The molecule has 1 aliphatic carbocycles. The van der Waals surface area contributed by atoms with Crippen molar-refractivity contribution in [3.05, 3.63) is 35.4 Å². The monoisotopic (exact) mass is 188 g/mol. The smallest absolute Gasteiger partial charge is 0.168 e. The Kier molecular flexibility index (Phi) is 2.18. The predicted molar refractivity (Wildman–Crippen MR) is 57.5 cm³/mol. The maximum absolute atomic E-state index is 12.0. The summed E-state index contributed by atoms with van der Waals surface area (Å²) in [7, 11) is 0. The average Bonchev–Trinajstić information content (AvgIpc) is 2.97. The largest absolute Gasteiger partial charge is 0.294 e. The minimum absolute atomic E-state index is 0.0354. The van der Waals surface area contributed by atoms with Crippen molar-refractivity contribution in [2.24, 2.45) is 5.41 Å². The SMILES string of the molecule is CCc1cccc(C(=O)C2(C)CC2)c1. The fraction of sp³-hybridized carbons (Fsp3) is 0.462. The Labute approximate surface area is 85.1 Å². The standard InChI is InChI=1S/C13H16O/c1-3-10-5-4-6-11(9-10)12(14)13(2)7-8-13/h4-6,9H,3,7-8H2,1-2H3. The van der Waals surface area contributed by atoms with Gasteiger partial charge >= 0.3 is 0 Å². The molecule has 0 spiro atoms. The van der Waals surface area contributed by atoms with Gasteiger partial charge in [0.1, 0.15) is 0 Å². The van der Waals surface area contributed by atoms with Crippen LogP contribution in [0, 0.1) is 5.41 Å². The number of hydrogen-bond donors (Lipinski definition) is 0. The molecule has 1 aromatic rings. The van der Waals surface area contributed by atoms with Crippen molar-refractivity contribution in [2.75, 3.05) is 0 Å². The number of carbonyl (C=O) groups is 1. The number of carbonyl (C=O) groups excluding carboxylic acids is 1. The van der Waals surface area contributed by atoms with Crippen molar-refractivity contribution in [3.63, 3.8) is 0 Å². The Morgan fingerprint density at radius 2 is 2.14 bits per heavy atom. The molecule has 0 saturated heterocycles. The van der Waals surface area contributed by atoms with Gasteiger partial charge < -0.3 is 0 Å². The summed E-state index contributed by atoms with van der Waals surface area (Å²) in [5.41, 5.74) is 2.11. The fourth-order valence-corrected chi connectivity index (χ4v) is 1.70. The Balaban J connectivity index is 2.27.